The van der Waals surface area contributed by atoms with E-state index < -0.39 is 6.10 Å². The lowest BCUT2D eigenvalue weighted by Crippen LogP contribution is -2.20. The first kappa shape index (κ1) is 14.1. The third kappa shape index (κ3) is 3.35. The van der Waals surface area contributed by atoms with Crippen molar-refractivity contribution in [3.8, 4) is 0 Å². The quantitative estimate of drug-likeness (QED) is 0.823. The van der Waals surface area contributed by atoms with E-state index in [1.165, 1.54) is 4.90 Å². The number of benzene rings is 1. The van der Waals surface area contributed by atoms with E-state index in [4.69, 9.17) is 5.73 Å². The third-order valence-corrected chi connectivity index (χ3v) is 3.95. The van der Waals surface area contributed by atoms with Gasteiger partial charge in [-0.05, 0) is 35.6 Å². The van der Waals surface area contributed by atoms with Gasteiger partial charge in [0.25, 0.3) is 0 Å². The van der Waals surface area contributed by atoms with Gasteiger partial charge in [0.05, 0.1) is 6.10 Å². The molecule has 0 spiro atoms. The molecule has 0 bridgehead atoms. The number of thioether (sulfide) groups is 1. The van der Waals surface area contributed by atoms with E-state index in [2.05, 4.69) is 4.98 Å². The minimum Gasteiger partial charge on any atom is -0.388 e. The lowest BCUT2D eigenvalue weighted by Gasteiger charge is -2.22. The second-order valence-corrected chi connectivity index (χ2v) is 5.23. The standard InChI is InChI=1S/C15H18N2OS/c1-19-13-6-4-11(5-7-13)15(18)14(9-16)12-3-2-8-17-10-12/h2-8,10,14-15,18H,9,16H2,1H3. The Hall–Kier alpha value is -1.36. The monoisotopic (exact) mass is 274 g/mol. The normalized spacial score (nSPS) is 14.1. The van der Waals surface area contributed by atoms with Crippen LogP contribution in [0.4, 0.5) is 0 Å². The van der Waals surface area contributed by atoms with Crippen molar-refractivity contribution < 1.29 is 5.11 Å². The summed E-state index contributed by atoms with van der Waals surface area (Å²) in [4.78, 5) is 5.27. The second kappa shape index (κ2) is 6.70. The van der Waals surface area contributed by atoms with Crippen LogP contribution in [-0.2, 0) is 0 Å². The molecular formula is C15H18N2OS. The molecule has 0 aliphatic carbocycles. The summed E-state index contributed by atoms with van der Waals surface area (Å²) >= 11 is 1.68. The fourth-order valence-electron chi connectivity index (χ4n) is 2.08. The predicted molar refractivity (Wildman–Crippen MR) is 79.2 cm³/mol. The molecule has 19 heavy (non-hydrogen) atoms. The lowest BCUT2D eigenvalue weighted by atomic mass is 9.90. The van der Waals surface area contributed by atoms with E-state index in [-0.39, 0.29) is 5.92 Å². The zero-order valence-corrected chi connectivity index (χ0v) is 11.7. The lowest BCUT2D eigenvalue weighted by molar-refractivity contribution is 0.147. The highest BCUT2D eigenvalue weighted by Crippen LogP contribution is 2.30. The molecule has 1 aromatic heterocycles. The Morgan fingerprint density at radius 3 is 2.47 bits per heavy atom. The molecule has 0 aliphatic rings. The molecule has 2 aromatic rings. The molecule has 4 heteroatoms. The summed E-state index contributed by atoms with van der Waals surface area (Å²) in [5.41, 5.74) is 7.66. The first-order valence-corrected chi connectivity index (χ1v) is 7.40. The SMILES string of the molecule is CSc1ccc(C(O)C(CN)c2cccnc2)cc1. The summed E-state index contributed by atoms with van der Waals surface area (Å²) < 4.78 is 0. The maximum absolute atomic E-state index is 10.5. The van der Waals surface area contributed by atoms with Crippen LogP contribution >= 0.6 is 11.8 Å². The van der Waals surface area contributed by atoms with Crippen molar-refractivity contribution in [3.63, 3.8) is 0 Å². The average molecular weight is 274 g/mol. The molecule has 0 saturated heterocycles. The van der Waals surface area contributed by atoms with Gasteiger partial charge in [-0.15, -0.1) is 11.8 Å². The highest BCUT2D eigenvalue weighted by atomic mass is 32.2. The second-order valence-electron chi connectivity index (χ2n) is 4.35. The molecule has 0 radical (unpaired) electrons. The average Bonchev–Trinajstić information content (AvgIpc) is 2.49. The molecule has 100 valence electrons. The van der Waals surface area contributed by atoms with Gasteiger partial charge in [0, 0.05) is 29.8 Å². The topological polar surface area (TPSA) is 59.1 Å². The molecule has 0 saturated carbocycles. The minimum atomic E-state index is -0.606. The minimum absolute atomic E-state index is 0.131. The summed E-state index contributed by atoms with van der Waals surface area (Å²) in [6, 6.07) is 11.7. The van der Waals surface area contributed by atoms with Gasteiger partial charge < -0.3 is 10.8 Å². The van der Waals surface area contributed by atoms with Crippen LogP contribution in [0.1, 0.15) is 23.1 Å². The van der Waals surface area contributed by atoms with E-state index in [1.807, 2.05) is 42.7 Å². The smallest absolute Gasteiger partial charge is 0.0871 e. The van der Waals surface area contributed by atoms with Gasteiger partial charge in [-0.3, -0.25) is 4.98 Å². The maximum atomic E-state index is 10.5. The summed E-state index contributed by atoms with van der Waals surface area (Å²) in [5, 5.41) is 10.5. The molecule has 3 N–H and O–H groups in total. The Balaban J connectivity index is 2.22. The summed E-state index contributed by atoms with van der Waals surface area (Å²) in [6.45, 7) is 0.386. The molecular weight excluding hydrogens is 256 g/mol. The van der Waals surface area contributed by atoms with Gasteiger partial charge in [-0.25, -0.2) is 0 Å². The van der Waals surface area contributed by atoms with Crippen LogP contribution < -0.4 is 5.73 Å². The third-order valence-electron chi connectivity index (χ3n) is 3.20. The van der Waals surface area contributed by atoms with Crippen LogP contribution in [0.2, 0.25) is 0 Å². The van der Waals surface area contributed by atoms with Crippen LogP contribution in [0.3, 0.4) is 0 Å². The van der Waals surface area contributed by atoms with Gasteiger partial charge in [0.2, 0.25) is 0 Å². The number of pyridine rings is 1. The van der Waals surface area contributed by atoms with Crippen molar-refractivity contribution >= 4 is 11.8 Å². The fraction of sp³-hybridized carbons (Fsp3) is 0.267. The highest BCUT2D eigenvalue weighted by Gasteiger charge is 2.21. The van der Waals surface area contributed by atoms with E-state index in [1.54, 1.807) is 24.2 Å². The van der Waals surface area contributed by atoms with Crippen LogP contribution in [0.25, 0.3) is 0 Å². The zero-order valence-electron chi connectivity index (χ0n) is 10.9. The first-order chi connectivity index (χ1) is 9.26. The zero-order chi connectivity index (χ0) is 13.7. The van der Waals surface area contributed by atoms with Crippen LogP contribution in [0.15, 0.2) is 53.7 Å². The van der Waals surface area contributed by atoms with E-state index in [0.717, 1.165) is 11.1 Å². The van der Waals surface area contributed by atoms with Crippen LogP contribution in [0, 0.1) is 0 Å². The van der Waals surface area contributed by atoms with Crippen LogP contribution in [-0.4, -0.2) is 22.9 Å². The Bertz CT molecular complexity index is 501. The van der Waals surface area contributed by atoms with Crippen molar-refractivity contribution in [1.82, 2.24) is 4.98 Å². The number of aromatic nitrogens is 1. The van der Waals surface area contributed by atoms with Gasteiger partial charge in [0.15, 0.2) is 0 Å². The Morgan fingerprint density at radius 1 is 1.21 bits per heavy atom. The van der Waals surface area contributed by atoms with Crippen LogP contribution in [0.5, 0.6) is 0 Å². The van der Waals surface area contributed by atoms with Crippen molar-refractivity contribution in [1.29, 1.82) is 0 Å². The molecule has 0 fully saturated rings. The van der Waals surface area contributed by atoms with Crippen molar-refractivity contribution in [2.45, 2.75) is 16.9 Å². The molecule has 1 heterocycles. The fourth-order valence-corrected chi connectivity index (χ4v) is 2.48. The number of hydrogen-bond acceptors (Lipinski definition) is 4. The summed E-state index contributed by atoms with van der Waals surface area (Å²) in [7, 11) is 0. The first-order valence-electron chi connectivity index (χ1n) is 6.18. The Morgan fingerprint density at radius 2 is 1.95 bits per heavy atom. The molecule has 2 unspecified atom stereocenters. The Labute approximate surface area is 117 Å². The van der Waals surface area contributed by atoms with Crippen molar-refractivity contribution in [3.05, 3.63) is 59.9 Å². The molecule has 2 atom stereocenters. The number of aliphatic hydroxyl groups is 1. The molecule has 3 nitrogen and oxygen atoms in total. The largest absolute Gasteiger partial charge is 0.388 e. The maximum Gasteiger partial charge on any atom is 0.0871 e. The van der Waals surface area contributed by atoms with Gasteiger partial charge >= 0.3 is 0 Å². The number of nitrogens with zero attached hydrogens (tertiary/aromatic N) is 1. The molecule has 0 amide bonds. The summed E-state index contributed by atoms with van der Waals surface area (Å²) in [5.74, 6) is -0.131. The predicted octanol–water partition coefficient (Wildman–Crippen LogP) is 2.58. The number of aliphatic hydroxyl groups excluding tert-OH is 1. The van der Waals surface area contributed by atoms with Gasteiger partial charge in [-0.1, -0.05) is 18.2 Å². The van der Waals surface area contributed by atoms with E-state index >= 15 is 0 Å². The van der Waals surface area contributed by atoms with Gasteiger partial charge in [0.1, 0.15) is 0 Å². The Kier molecular flexibility index (Phi) is 4.96. The molecule has 1 aromatic carbocycles. The number of nitrogens with two attached hydrogens (primary N) is 1. The van der Waals surface area contributed by atoms with Crippen molar-refractivity contribution in [2.75, 3.05) is 12.8 Å². The van der Waals surface area contributed by atoms with E-state index in [9.17, 15) is 5.11 Å². The summed E-state index contributed by atoms with van der Waals surface area (Å²) in [6.07, 6.45) is 4.91. The highest BCUT2D eigenvalue weighted by molar-refractivity contribution is 7.98. The number of hydrogen-bond donors (Lipinski definition) is 2. The van der Waals surface area contributed by atoms with Crippen molar-refractivity contribution in [2.24, 2.45) is 5.73 Å². The molecule has 0 aliphatic heterocycles. The van der Waals surface area contributed by atoms with E-state index in [0.29, 0.717) is 6.54 Å². The number of rotatable bonds is 5. The molecule has 2 rings (SSSR count). The van der Waals surface area contributed by atoms with Gasteiger partial charge in [-0.2, -0.15) is 0 Å².